The molecule has 1 heterocycles. The molecule has 108 valence electrons. The summed E-state index contributed by atoms with van der Waals surface area (Å²) in [5, 5.41) is 0. The van der Waals surface area contributed by atoms with Crippen molar-refractivity contribution in [3.05, 3.63) is 0 Å². The lowest BCUT2D eigenvalue weighted by atomic mass is 9.88. The molecule has 1 aliphatic heterocycles. The minimum atomic E-state index is 0.274. The van der Waals surface area contributed by atoms with Gasteiger partial charge in [0.1, 0.15) is 0 Å². The molecule has 18 heavy (non-hydrogen) atoms. The van der Waals surface area contributed by atoms with E-state index in [1.54, 1.807) is 0 Å². The number of hydrogen-bond acceptors (Lipinski definition) is 2. The Hall–Kier alpha value is -0.0800. The number of nitrogens with zero attached hydrogens (tertiary/aromatic N) is 2. The van der Waals surface area contributed by atoms with Gasteiger partial charge in [0.15, 0.2) is 0 Å². The van der Waals surface area contributed by atoms with Crippen LogP contribution in [0.1, 0.15) is 54.9 Å². The van der Waals surface area contributed by atoms with Crippen molar-refractivity contribution < 1.29 is 0 Å². The molecule has 0 amide bonds. The highest BCUT2D eigenvalue weighted by molar-refractivity contribution is 4.88. The van der Waals surface area contributed by atoms with E-state index < -0.39 is 0 Å². The largest absolute Gasteiger partial charge is 0.305 e. The lowest BCUT2D eigenvalue weighted by Gasteiger charge is -2.41. The predicted octanol–water partition coefficient (Wildman–Crippen LogP) is 3.47. The van der Waals surface area contributed by atoms with Crippen LogP contribution < -0.4 is 0 Å². The third-order valence-electron chi connectivity index (χ3n) is 4.02. The highest BCUT2D eigenvalue weighted by atomic mass is 15.2. The van der Waals surface area contributed by atoms with Crippen molar-refractivity contribution in [2.24, 2.45) is 10.8 Å². The highest BCUT2D eigenvalue weighted by Gasteiger charge is 2.33. The van der Waals surface area contributed by atoms with Crippen LogP contribution in [0.25, 0.3) is 0 Å². The van der Waals surface area contributed by atoms with Crippen LogP contribution in [0.15, 0.2) is 0 Å². The van der Waals surface area contributed by atoms with Gasteiger partial charge >= 0.3 is 0 Å². The molecule has 0 aromatic rings. The summed E-state index contributed by atoms with van der Waals surface area (Å²) in [4.78, 5) is 5.19. The summed E-state index contributed by atoms with van der Waals surface area (Å²) in [6.45, 7) is 21.4. The summed E-state index contributed by atoms with van der Waals surface area (Å²) in [5.41, 5.74) is 1.05. The molecule has 2 heteroatoms. The Labute approximate surface area is 115 Å². The van der Waals surface area contributed by atoms with Crippen molar-refractivity contribution in [3.63, 3.8) is 0 Å². The van der Waals surface area contributed by atoms with Gasteiger partial charge in [-0.2, -0.15) is 0 Å². The maximum absolute atomic E-state index is 2.67. The molecule has 0 atom stereocenters. The molecule has 0 aliphatic carbocycles. The second-order valence-electron chi connectivity index (χ2n) is 8.84. The maximum Gasteiger partial charge on any atom is 0.0125 e. The zero-order valence-corrected chi connectivity index (χ0v) is 13.9. The molecule has 0 spiro atoms. The minimum absolute atomic E-state index is 0.274. The van der Waals surface area contributed by atoms with E-state index in [1.807, 2.05) is 0 Å². The second-order valence-corrected chi connectivity index (χ2v) is 8.84. The van der Waals surface area contributed by atoms with Crippen LogP contribution in [0.2, 0.25) is 0 Å². The van der Waals surface area contributed by atoms with Crippen LogP contribution in [-0.4, -0.2) is 48.6 Å². The van der Waals surface area contributed by atoms with Crippen molar-refractivity contribution in [2.75, 3.05) is 33.2 Å². The minimum Gasteiger partial charge on any atom is -0.305 e. The molecular weight excluding hydrogens is 220 g/mol. The summed E-state index contributed by atoms with van der Waals surface area (Å²) in [7, 11) is 2.27. The second kappa shape index (κ2) is 5.13. The van der Waals surface area contributed by atoms with Crippen LogP contribution in [0.4, 0.5) is 0 Å². The molecule has 0 unspecified atom stereocenters. The molecule has 0 aromatic carbocycles. The molecule has 1 rings (SSSR count). The van der Waals surface area contributed by atoms with Crippen LogP contribution in [0.5, 0.6) is 0 Å². The van der Waals surface area contributed by atoms with Gasteiger partial charge in [0.25, 0.3) is 0 Å². The van der Waals surface area contributed by atoms with Gasteiger partial charge in [-0.15, -0.1) is 0 Å². The summed E-state index contributed by atoms with van der Waals surface area (Å²) >= 11 is 0. The smallest absolute Gasteiger partial charge is 0.0125 e. The average Bonchev–Trinajstić information content (AvgIpc) is 2.10. The normalized spacial score (nSPS) is 27.3. The Bertz CT molecular complexity index is 273. The fraction of sp³-hybridized carbons (Fsp3) is 1.00. The Kier molecular flexibility index (Phi) is 4.55. The van der Waals surface area contributed by atoms with E-state index in [9.17, 15) is 0 Å². The van der Waals surface area contributed by atoms with Gasteiger partial charge in [-0.05, 0) is 51.6 Å². The zero-order valence-electron chi connectivity index (χ0n) is 13.9. The maximum atomic E-state index is 2.67. The van der Waals surface area contributed by atoms with Crippen LogP contribution >= 0.6 is 0 Å². The zero-order chi connectivity index (χ0) is 14.2. The van der Waals surface area contributed by atoms with Gasteiger partial charge in [0, 0.05) is 25.2 Å². The van der Waals surface area contributed by atoms with E-state index >= 15 is 0 Å². The molecule has 1 aliphatic rings. The van der Waals surface area contributed by atoms with Crippen molar-refractivity contribution in [2.45, 2.75) is 60.4 Å². The highest BCUT2D eigenvalue weighted by Crippen LogP contribution is 2.30. The first-order valence-electron chi connectivity index (χ1n) is 7.35. The SMILES string of the molecule is CN1CC(C)(C)CCN(C(C)(C)C)CC(C)(C)C1. The molecule has 1 saturated heterocycles. The van der Waals surface area contributed by atoms with Gasteiger partial charge in [0.05, 0.1) is 0 Å². The third-order valence-corrected chi connectivity index (χ3v) is 4.02. The van der Waals surface area contributed by atoms with Gasteiger partial charge in [-0.25, -0.2) is 0 Å². The van der Waals surface area contributed by atoms with E-state index in [-0.39, 0.29) is 5.54 Å². The molecule has 1 fully saturated rings. The van der Waals surface area contributed by atoms with Crippen molar-refractivity contribution in [3.8, 4) is 0 Å². The first kappa shape index (κ1) is 16.0. The lowest BCUT2D eigenvalue weighted by Crippen LogP contribution is -2.48. The Balaban J connectivity index is 2.91. The topological polar surface area (TPSA) is 6.48 Å². The Morgan fingerprint density at radius 3 is 1.83 bits per heavy atom. The lowest BCUT2D eigenvalue weighted by molar-refractivity contribution is 0.0752. The molecular formula is C16H34N2. The first-order chi connectivity index (χ1) is 7.91. The van der Waals surface area contributed by atoms with E-state index in [0.717, 1.165) is 0 Å². The van der Waals surface area contributed by atoms with Gasteiger partial charge in [-0.3, -0.25) is 4.90 Å². The van der Waals surface area contributed by atoms with Crippen LogP contribution in [0, 0.1) is 10.8 Å². The number of rotatable bonds is 0. The summed E-state index contributed by atoms with van der Waals surface area (Å²) in [5.74, 6) is 0. The fourth-order valence-electron chi connectivity index (χ4n) is 3.25. The van der Waals surface area contributed by atoms with Crippen molar-refractivity contribution >= 4 is 0 Å². The van der Waals surface area contributed by atoms with Crippen LogP contribution in [-0.2, 0) is 0 Å². The third kappa shape index (κ3) is 4.89. The van der Waals surface area contributed by atoms with Gasteiger partial charge in [-0.1, -0.05) is 27.7 Å². The molecule has 0 radical (unpaired) electrons. The first-order valence-corrected chi connectivity index (χ1v) is 7.35. The van der Waals surface area contributed by atoms with E-state index in [1.165, 1.54) is 32.6 Å². The summed E-state index contributed by atoms with van der Waals surface area (Å²) in [6, 6.07) is 0. The van der Waals surface area contributed by atoms with E-state index in [2.05, 4.69) is 65.3 Å². The van der Waals surface area contributed by atoms with Gasteiger partial charge < -0.3 is 4.90 Å². The monoisotopic (exact) mass is 254 g/mol. The van der Waals surface area contributed by atoms with Crippen molar-refractivity contribution in [1.82, 2.24) is 9.80 Å². The molecule has 0 N–H and O–H groups in total. The van der Waals surface area contributed by atoms with Gasteiger partial charge in [0.2, 0.25) is 0 Å². The molecule has 0 saturated carbocycles. The summed E-state index contributed by atoms with van der Waals surface area (Å²) < 4.78 is 0. The standard InChI is InChI=1S/C16H34N2/c1-14(2,3)18-10-9-15(4,5)11-17(8)12-16(6,7)13-18/h9-13H2,1-8H3. The van der Waals surface area contributed by atoms with E-state index in [4.69, 9.17) is 0 Å². The fourth-order valence-corrected chi connectivity index (χ4v) is 3.25. The summed E-state index contributed by atoms with van der Waals surface area (Å²) in [6.07, 6.45) is 1.28. The predicted molar refractivity (Wildman–Crippen MR) is 81.0 cm³/mol. The van der Waals surface area contributed by atoms with Crippen LogP contribution in [0.3, 0.4) is 0 Å². The van der Waals surface area contributed by atoms with Crippen molar-refractivity contribution in [1.29, 1.82) is 0 Å². The molecule has 0 aromatic heterocycles. The average molecular weight is 254 g/mol. The quantitative estimate of drug-likeness (QED) is 0.653. The number of hydrogen-bond donors (Lipinski definition) is 0. The molecule has 2 nitrogen and oxygen atoms in total. The Morgan fingerprint density at radius 1 is 0.833 bits per heavy atom. The Morgan fingerprint density at radius 2 is 1.33 bits per heavy atom. The molecule has 0 bridgehead atoms. The van der Waals surface area contributed by atoms with E-state index in [0.29, 0.717) is 10.8 Å².